The maximum Gasteiger partial charge on any atom is 0.311 e. The van der Waals surface area contributed by atoms with Crippen LogP contribution in [0.1, 0.15) is 71.1 Å². The number of halogens is 1. The van der Waals surface area contributed by atoms with Crippen LogP contribution >= 0.6 is 0 Å². The number of quaternary nitrogens is 1. The quantitative estimate of drug-likeness (QED) is 0.245. The second-order valence-electron chi connectivity index (χ2n) is 7.53. The summed E-state index contributed by atoms with van der Waals surface area (Å²) in [4.78, 5) is 12.1. The average molecular weight is 370 g/mol. The fraction of sp³-hybridized carbons (Fsp3) is 0.667. The predicted octanol–water partition coefficient (Wildman–Crippen LogP) is 2.71. The van der Waals surface area contributed by atoms with E-state index in [4.69, 9.17) is 4.74 Å². The van der Waals surface area contributed by atoms with Crippen molar-refractivity contribution in [2.45, 2.75) is 71.1 Å². The number of hydrogen-bond donors (Lipinski definition) is 0. The summed E-state index contributed by atoms with van der Waals surface area (Å²) < 4.78 is 6.23. The molecule has 0 spiro atoms. The maximum atomic E-state index is 12.1. The molecule has 0 saturated carbocycles. The van der Waals surface area contributed by atoms with Gasteiger partial charge in [0.15, 0.2) is 11.4 Å². The van der Waals surface area contributed by atoms with Gasteiger partial charge in [0.25, 0.3) is 0 Å². The van der Waals surface area contributed by atoms with Crippen molar-refractivity contribution >= 4 is 11.7 Å². The Balaban J connectivity index is 0.00000576. The van der Waals surface area contributed by atoms with Crippen LogP contribution in [0.25, 0.3) is 0 Å². The number of nitrogens with zero attached hydrogens (tertiary/aromatic N) is 1. The SMILES string of the molecule is CCCCCCCCCCCC(=O)Oc1ccccc1[N+](C)(C)C.[Cl-]. The number of carbonyl (C=O) groups excluding carboxylic acids is 1. The summed E-state index contributed by atoms with van der Waals surface area (Å²) in [6.45, 7) is 2.25. The zero-order chi connectivity index (χ0) is 17.8. The lowest BCUT2D eigenvalue weighted by molar-refractivity contribution is -0.134. The Hall–Kier alpha value is -1.06. The molecule has 1 aromatic rings. The molecule has 0 unspecified atom stereocenters. The minimum atomic E-state index is -0.112. The number of carbonyl (C=O) groups is 1. The van der Waals surface area contributed by atoms with Crippen LogP contribution < -0.4 is 21.6 Å². The van der Waals surface area contributed by atoms with Gasteiger partial charge in [-0.3, -0.25) is 9.28 Å². The van der Waals surface area contributed by atoms with Crippen LogP contribution in [0.4, 0.5) is 5.69 Å². The number of para-hydroxylation sites is 2. The van der Waals surface area contributed by atoms with Crippen molar-refractivity contribution in [2.75, 3.05) is 21.1 Å². The highest BCUT2D eigenvalue weighted by atomic mass is 35.5. The molecule has 0 aliphatic heterocycles. The van der Waals surface area contributed by atoms with E-state index in [1.165, 1.54) is 44.9 Å². The number of unbranched alkanes of at least 4 members (excludes halogenated alkanes) is 8. The van der Waals surface area contributed by atoms with Gasteiger partial charge in [-0.25, -0.2) is 0 Å². The van der Waals surface area contributed by atoms with E-state index < -0.39 is 0 Å². The third-order valence-electron chi connectivity index (χ3n) is 4.30. The van der Waals surface area contributed by atoms with Gasteiger partial charge in [-0.1, -0.05) is 70.4 Å². The number of esters is 1. The van der Waals surface area contributed by atoms with E-state index in [0.717, 1.165) is 18.5 Å². The highest BCUT2D eigenvalue weighted by molar-refractivity contribution is 5.74. The Kier molecular flexibility index (Phi) is 12.6. The fourth-order valence-electron chi connectivity index (χ4n) is 2.85. The van der Waals surface area contributed by atoms with E-state index in [1.807, 2.05) is 24.3 Å². The van der Waals surface area contributed by atoms with Crippen LogP contribution in [0.15, 0.2) is 24.3 Å². The summed E-state index contributed by atoms with van der Waals surface area (Å²) in [6.07, 6.45) is 11.8. The largest absolute Gasteiger partial charge is 1.00 e. The molecule has 0 radical (unpaired) electrons. The van der Waals surface area contributed by atoms with Crippen LogP contribution in [-0.2, 0) is 4.79 Å². The van der Waals surface area contributed by atoms with Crippen molar-refractivity contribution in [2.24, 2.45) is 0 Å². The molecule has 0 amide bonds. The number of hydrogen-bond acceptors (Lipinski definition) is 2. The third kappa shape index (κ3) is 10.5. The van der Waals surface area contributed by atoms with Gasteiger partial charge >= 0.3 is 5.97 Å². The molecule has 4 heteroatoms. The number of ether oxygens (including phenoxy) is 1. The van der Waals surface area contributed by atoms with E-state index in [0.29, 0.717) is 16.7 Å². The molecule has 0 saturated heterocycles. The van der Waals surface area contributed by atoms with Gasteiger partial charge in [-0.05, 0) is 12.5 Å². The molecule has 144 valence electrons. The Morgan fingerprint density at radius 2 is 1.40 bits per heavy atom. The molecule has 0 heterocycles. The van der Waals surface area contributed by atoms with Gasteiger partial charge < -0.3 is 17.1 Å². The number of benzene rings is 1. The Morgan fingerprint density at radius 3 is 1.96 bits per heavy atom. The minimum absolute atomic E-state index is 0. The Bertz CT molecular complexity index is 483. The van der Waals surface area contributed by atoms with Crippen LogP contribution in [0.2, 0.25) is 0 Å². The van der Waals surface area contributed by atoms with Gasteiger partial charge in [0.05, 0.1) is 21.1 Å². The predicted molar refractivity (Wildman–Crippen MR) is 103 cm³/mol. The first-order valence-electron chi connectivity index (χ1n) is 9.57. The molecule has 3 nitrogen and oxygen atoms in total. The molecule has 0 bridgehead atoms. The summed E-state index contributed by atoms with van der Waals surface area (Å²) in [5.41, 5.74) is 1.03. The molecular weight excluding hydrogens is 334 g/mol. The van der Waals surface area contributed by atoms with Crippen LogP contribution in [0.3, 0.4) is 0 Å². The zero-order valence-corrected chi connectivity index (χ0v) is 17.3. The van der Waals surface area contributed by atoms with Gasteiger partial charge in [-0.15, -0.1) is 0 Å². The molecule has 0 atom stereocenters. The third-order valence-corrected chi connectivity index (χ3v) is 4.30. The average Bonchev–Trinajstić information content (AvgIpc) is 2.53. The van der Waals surface area contributed by atoms with E-state index >= 15 is 0 Å². The van der Waals surface area contributed by atoms with Crippen molar-refractivity contribution in [1.29, 1.82) is 0 Å². The molecule has 0 aliphatic carbocycles. The van der Waals surface area contributed by atoms with E-state index in [1.54, 1.807) is 0 Å². The Morgan fingerprint density at radius 1 is 0.880 bits per heavy atom. The topological polar surface area (TPSA) is 26.3 Å². The second kappa shape index (κ2) is 13.2. The second-order valence-corrected chi connectivity index (χ2v) is 7.53. The normalized spacial score (nSPS) is 11.0. The molecule has 0 aromatic heterocycles. The molecule has 0 N–H and O–H groups in total. The first-order chi connectivity index (χ1) is 11.4. The molecule has 0 fully saturated rings. The molecule has 1 rings (SSSR count). The summed E-state index contributed by atoms with van der Waals surface area (Å²) in [5, 5.41) is 0. The monoisotopic (exact) mass is 369 g/mol. The summed E-state index contributed by atoms with van der Waals surface area (Å²) in [6, 6.07) is 7.80. The lowest BCUT2D eigenvalue weighted by Gasteiger charge is -2.25. The molecule has 0 aliphatic rings. The van der Waals surface area contributed by atoms with Gasteiger partial charge in [0.2, 0.25) is 0 Å². The van der Waals surface area contributed by atoms with E-state index in [-0.39, 0.29) is 18.4 Å². The highest BCUT2D eigenvalue weighted by Gasteiger charge is 2.19. The first-order valence-corrected chi connectivity index (χ1v) is 9.57. The Labute approximate surface area is 160 Å². The standard InChI is InChI=1S/C21H36NO2.ClH/c1-5-6-7-8-9-10-11-12-13-18-21(23)24-20-17-15-14-16-19(20)22(2,3)4;/h14-17H,5-13,18H2,1-4H3;1H/q+1;/p-1. The van der Waals surface area contributed by atoms with Gasteiger partial charge in [0, 0.05) is 12.5 Å². The lowest BCUT2D eigenvalue weighted by Crippen LogP contribution is -3.00. The van der Waals surface area contributed by atoms with Crippen molar-refractivity contribution < 1.29 is 21.9 Å². The van der Waals surface area contributed by atoms with Crippen LogP contribution in [-0.4, -0.2) is 27.1 Å². The molecular formula is C21H36ClNO2. The number of rotatable bonds is 12. The minimum Gasteiger partial charge on any atom is -1.00 e. The summed E-state index contributed by atoms with van der Waals surface area (Å²) in [7, 11) is 6.23. The molecule has 1 aromatic carbocycles. The lowest BCUT2D eigenvalue weighted by atomic mass is 10.1. The fourth-order valence-corrected chi connectivity index (χ4v) is 2.85. The van der Waals surface area contributed by atoms with E-state index in [9.17, 15) is 4.79 Å². The maximum absolute atomic E-state index is 12.1. The summed E-state index contributed by atoms with van der Waals surface area (Å²) >= 11 is 0. The van der Waals surface area contributed by atoms with Crippen molar-refractivity contribution in [1.82, 2.24) is 4.48 Å². The smallest absolute Gasteiger partial charge is 0.311 e. The zero-order valence-electron chi connectivity index (χ0n) is 16.5. The highest BCUT2D eigenvalue weighted by Crippen LogP contribution is 2.30. The van der Waals surface area contributed by atoms with Crippen LogP contribution in [0.5, 0.6) is 5.75 Å². The van der Waals surface area contributed by atoms with Crippen molar-refractivity contribution in [3.63, 3.8) is 0 Å². The summed E-state index contributed by atoms with van der Waals surface area (Å²) in [5.74, 6) is 0.574. The van der Waals surface area contributed by atoms with E-state index in [2.05, 4.69) is 28.1 Å². The van der Waals surface area contributed by atoms with Crippen molar-refractivity contribution in [3.8, 4) is 5.75 Å². The first kappa shape index (κ1) is 23.9. The van der Waals surface area contributed by atoms with Crippen molar-refractivity contribution in [3.05, 3.63) is 24.3 Å². The molecule has 25 heavy (non-hydrogen) atoms. The van der Waals surface area contributed by atoms with Gasteiger partial charge in [0.1, 0.15) is 0 Å². The van der Waals surface area contributed by atoms with Crippen LogP contribution in [0, 0.1) is 0 Å². The van der Waals surface area contributed by atoms with Gasteiger partial charge in [-0.2, -0.15) is 0 Å².